The predicted molar refractivity (Wildman–Crippen MR) is 143 cm³/mol. The van der Waals surface area contributed by atoms with E-state index in [4.69, 9.17) is 15.2 Å². The van der Waals surface area contributed by atoms with Gasteiger partial charge in [0.25, 0.3) is 0 Å². The van der Waals surface area contributed by atoms with Crippen molar-refractivity contribution < 1.29 is 0 Å². The molecule has 4 aromatic rings. The van der Waals surface area contributed by atoms with Crippen LogP contribution in [0.3, 0.4) is 0 Å². The first-order valence-corrected chi connectivity index (χ1v) is 13.7. The average Bonchev–Trinajstić information content (AvgIpc) is 3.63. The number of aromatic nitrogens is 5. The number of nitrogens with one attached hydrogen (secondary N) is 2. The van der Waals surface area contributed by atoms with Crippen LogP contribution in [0.5, 0.6) is 0 Å². The lowest BCUT2D eigenvalue weighted by Gasteiger charge is -2.34. The molecular weight excluding hydrogens is 442 g/mol. The zero-order valence-electron chi connectivity index (χ0n) is 22.2. The normalized spacial score (nSPS) is 32.4. The summed E-state index contributed by atoms with van der Waals surface area (Å²) in [6.45, 7) is 14.6. The van der Waals surface area contributed by atoms with E-state index in [1.165, 1.54) is 59.0 Å². The Kier molecular flexibility index (Phi) is 3.60. The number of fused-ring (bicyclic) bond motifs is 11. The number of pyridine rings is 1. The maximum atomic E-state index is 5.38. The summed E-state index contributed by atoms with van der Waals surface area (Å²) in [5, 5.41) is 19.2. The number of benzene rings is 1. The van der Waals surface area contributed by atoms with E-state index in [0.717, 1.165) is 22.8 Å². The largest absolute Gasteiger partial charge is 0.281 e. The van der Waals surface area contributed by atoms with Gasteiger partial charge in [-0.05, 0) is 59.8 Å². The third kappa shape index (κ3) is 2.08. The second-order valence-electron chi connectivity index (χ2n) is 13.6. The molecular formula is C31H35N5. The smallest absolute Gasteiger partial charge is 0.115 e. The van der Waals surface area contributed by atoms with Gasteiger partial charge in [-0.3, -0.25) is 10.2 Å². The van der Waals surface area contributed by atoms with Crippen LogP contribution >= 0.6 is 0 Å². The quantitative estimate of drug-likeness (QED) is 0.317. The van der Waals surface area contributed by atoms with Crippen LogP contribution in [-0.2, 0) is 10.8 Å². The van der Waals surface area contributed by atoms with Crippen LogP contribution in [0.15, 0.2) is 30.3 Å². The Balaban J connectivity index is 1.37. The molecule has 2 fully saturated rings. The highest BCUT2D eigenvalue weighted by Gasteiger charge is 2.63. The summed E-state index contributed by atoms with van der Waals surface area (Å²) in [5.41, 5.74) is 10.3. The van der Waals surface area contributed by atoms with E-state index in [2.05, 4.69) is 82.1 Å². The Morgan fingerprint density at radius 2 is 1.28 bits per heavy atom. The van der Waals surface area contributed by atoms with Gasteiger partial charge in [0.15, 0.2) is 0 Å². The Labute approximate surface area is 212 Å². The van der Waals surface area contributed by atoms with E-state index >= 15 is 0 Å². The first-order valence-electron chi connectivity index (χ1n) is 13.7. The summed E-state index contributed by atoms with van der Waals surface area (Å²) in [6.07, 6.45) is 4.91. The second kappa shape index (κ2) is 6.12. The van der Waals surface area contributed by atoms with E-state index < -0.39 is 0 Å². The molecule has 2 saturated carbocycles. The second-order valence-corrected chi connectivity index (χ2v) is 13.6. The highest BCUT2D eigenvalue weighted by Crippen LogP contribution is 2.69. The molecule has 5 heteroatoms. The number of rotatable bonds is 2. The van der Waals surface area contributed by atoms with Gasteiger partial charge in [-0.2, -0.15) is 10.2 Å². The molecule has 4 unspecified atom stereocenters. The highest BCUT2D eigenvalue weighted by atomic mass is 15.2. The molecule has 4 bridgehead atoms. The summed E-state index contributed by atoms with van der Waals surface area (Å²) >= 11 is 0. The van der Waals surface area contributed by atoms with Crippen molar-refractivity contribution in [3.8, 4) is 22.8 Å². The Morgan fingerprint density at radius 3 is 1.92 bits per heavy atom. The van der Waals surface area contributed by atoms with Gasteiger partial charge in [0, 0.05) is 38.7 Å². The maximum Gasteiger partial charge on any atom is 0.115 e. The lowest BCUT2D eigenvalue weighted by Crippen LogP contribution is -2.32. The van der Waals surface area contributed by atoms with Crippen molar-refractivity contribution in [3.63, 3.8) is 0 Å². The number of hydrogen-bond donors (Lipinski definition) is 2. The van der Waals surface area contributed by atoms with Crippen molar-refractivity contribution in [1.82, 2.24) is 25.4 Å². The molecule has 1 aromatic carbocycles. The van der Waals surface area contributed by atoms with Gasteiger partial charge in [0.05, 0.1) is 11.4 Å². The van der Waals surface area contributed by atoms with Gasteiger partial charge in [-0.25, -0.2) is 4.98 Å². The summed E-state index contributed by atoms with van der Waals surface area (Å²) in [7, 11) is 0. The molecule has 2 N–H and O–H groups in total. The van der Waals surface area contributed by atoms with E-state index in [1.54, 1.807) is 0 Å². The minimum atomic E-state index is 0.148. The third-order valence-electron chi connectivity index (χ3n) is 12.1. The molecule has 8 rings (SSSR count). The van der Waals surface area contributed by atoms with Crippen LogP contribution in [0.4, 0.5) is 0 Å². The number of nitrogens with zero attached hydrogens (tertiary/aromatic N) is 3. The Hall–Kier alpha value is -2.95. The summed E-state index contributed by atoms with van der Waals surface area (Å²) in [5.74, 6) is 1.04. The first-order chi connectivity index (χ1) is 17.1. The summed E-state index contributed by atoms with van der Waals surface area (Å²) < 4.78 is 0. The molecule has 3 heterocycles. The molecule has 0 radical (unpaired) electrons. The first kappa shape index (κ1) is 21.2. The molecule has 4 aliphatic carbocycles. The van der Waals surface area contributed by atoms with Crippen LogP contribution in [-0.4, -0.2) is 25.4 Å². The van der Waals surface area contributed by atoms with E-state index in [1.807, 2.05) is 0 Å². The van der Waals surface area contributed by atoms with Crippen LogP contribution in [0.2, 0.25) is 0 Å². The van der Waals surface area contributed by atoms with Crippen molar-refractivity contribution in [2.24, 2.45) is 10.8 Å². The molecule has 184 valence electrons. The minimum Gasteiger partial charge on any atom is -0.281 e. The lowest BCUT2D eigenvalue weighted by atomic mass is 9.70. The molecule has 0 aliphatic heterocycles. The summed E-state index contributed by atoms with van der Waals surface area (Å²) in [4.78, 5) is 5.38. The van der Waals surface area contributed by atoms with Gasteiger partial charge in [-0.15, -0.1) is 0 Å². The SMILES string of the molecule is CC12CCC(c3c(-c4cc5ccccc5c(-c5n[nH]c6c5C5CCC6(C)C5(C)C)n4)n[nH]c31)C2(C)C. The van der Waals surface area contributed by atoms with Gasteiger partial charge < -0.3 is 0 Å². The minimum absolute atomic E-state index is 0.148. The Morgan fingerprint density at radius 1 is 0.722 bits per heavy atom. The zero-order chi connectivity index (χ0) is 24.8. The van der Waals surface area contributed by atoms with Crippen molar-refractivity contribution in [3.05, 3.63) is 52.8 Å². The molecule has 0 amide bonds. The maximum absolute atomic E-state index is 5.38. The molecule has 3 aromatic heterocycles. The number of aromatic amines is 2. The number of hydrogen-bond acceptors (Lipinski definition) is 3. The van der Waals surface area contributed by atoms with Crippen LogP contribution in [0, 0.1) is 10.8 Å². The van der Waals surface area contributed by atoms with E-state index in [-0.39, 0.29) is 21.7 Å². The zero-order valence-corrected chi connectivity index (χ0v) is 22.2. The molecule has 4 atom stereocenters. The van der Waals surface area contributed by atoms with Crippen LogP contribution in [0.25, 0.3) is 33.5 Å². The third-order valence-corrected chi connectivity index (χ3v) is 12.1. The fraction of sp³-hybridized carbons (Fsp3) is 0.516. The van der Waals surface area contributed by atoms with Gasteiger partial charge in [0.1, 0.15) is 11.4 Å². The monoisotopic (exact) mass is 477 g/mol. The molecule has 0 saturated heterocycles. The van der Waals surface area contributed by atoms with Crippen molar-refractivity contribution >= 4 is 10.8 Å². The Bertz CT molecular complexity index is 1600. The van der Waals surface area contributed by atoms with Gasteiger partial charge in [-0.1, -0.05) is 65.8 Å². The van der Waals surface area contributed by atoms with Crippen molar-refractivity contribution in [1.29, 1.82) is 0 Å². The standard InChI is InChI=1S/C31H35N5/c1-28(2)18-11-13-30(28,5)26-21(18)24(33-35-26)20-15-16-9-7-8-10-17(16)23(32-20)25-22-19-12-14-31(6,29(19,3)4)27(22)36-34-25/h7-10,15,18-19H,11-14H2,1-6H3,(H,33,35)(H,34,36). The predicted octanol–water partition coefficient (Wildman–Crippen LogP) is 7.36. The molecule has 36 heavy (non-hydrogen) atoms. The van der Waals surface area contributed by atoms with E-state index in [0.29, 0.717) is 11.8 Å². The highest BCUT2D eigenvalue weighted by molar-refractivity contribution is 5.97. The van der Waals surface area contributed by atoms with Crippen molar-refractivity contribution in [2.75, 3.05) is 0 Å². The van der Waals surface area contributed by atoms with Crippen LogP contribution < -0.4 is 0 Å². The van der Waals surface area contributed by atoms with Gasteiger partial charge in [0.2, 0.25) is 0 Å². The molecule has 0 spiro atoms. The topological polar surface area (TPSA) is 70.2 Å². The lowest BCUT2D eigenvalue weighted by molar-refractivity contribution is 0.225. The van der Waals surface area contributed by atoms with Gasteiger partial charge >= 0.3 is 0 Å². The average molecular weight is 478 g/mol. The fourth-order valence-corrected chi connectivity index (χ4v) is 9.00. The van der Waals surface area contributed by atoms with E-state index in [9.17, 15) is 0 Å². The number of H-pyrrole nitrogens is 2. The van der Waals surface area contributed by atoms with Crippen molar-refractivity contribution in [2.45, 2.75) is 89.9 Å². The summed E-state index contributed by atoms with van der Waals surface area (Å²) in [6, 6.07) is 10.9. The molecule has 5 nitrogen and oxygen atoms in total. The molecule has 4 aliphatic rings. The van der Waals surface area contributed by atoms with Crippen LogP contribution in [0.1, 0.15) is 102 Å². The fourth-order valence-electron chi connectivity index (χ4n) is 9.00.